The first-order chi connectivity index (χ1) is 9.01. The summed E-state index contributed by atoms with van der Waals surface area (Å²) < 4.78 is 5.95. The van der Waals surface area contributed by atoms with E-state index in [0.717, 1.165) is 19.0 Å². The van der Waals surface area contributed by atoms with E-state index in [1.807, 2.05) is 0 Å². The van der Waals surface area contributed by atoms with Gasteiger partial charge in [0.25, 0.3) is 0 Å². The number of hydrogen-bond acceptors (Lipinski definition) is 2. The Bertz CT molecular complexity index is 322. The van der Waals surface area contributed by atoms with Crippen molar-refractivity contribution in [3.8, 4) is 0 Å². The Morgan fingerprint density at radius 2 is 1.74 bits per heavy atom. The average molecular weight is 267 g/mol. The predicted octanol–water partition coefficient (Wildman–Crippen LogP) is 2.20. The van der Waals surface area contributed by atoms with E-state index in [0.29, 0.717) is 17.6 Å². The number of aliphatic imine (C=N–C) groups is 1. The van der Waals surface area contributed by atoms with Gasteiger partial charge < -0.3 is 14.5 Å². The van der Waals surface area contributed by atoms with Crippen LogP contribution in [0.5, 0.6) is 0 Å². The minimum atomic E-state index is 0.341. The lowest BCUT2D eigenvalue weighted by Gasteiger charge is -2.52. The molecule has 2 aliphatic rings. The van der Waals surface area contributed by atoms with E-state index >= 15 is 0 Å². The number of rotatable bonds is 3. The van der Waals surface area contributed by atoms with Crippen LogP contribution in [0, 0.1) is 5.41 Å². The fourth-order valence-corrected chi connectivity index (χ4v) is 3.80. The normalized spacial score (nSPS) is 28.1. The molecule has 2 saturated carbocycles. The van der Waals surface area contributed by atoms with Crippen LogP contribution in [-0.2, 0) is 4.74 Å². The van der Waals surface area contributed by atoms with Crippen molar-refractivity contribution in [2.75, 3.05) is 34.8 Å². The second kappa shape index (κ2) is 5.70. The third-order valence-corrected chi connectivity index (χ3v) is 4.72. The summed E-state index contributed by atoms with van der Waals surface area (Å²) in [5, 5.41) is 0. The van der Waals surface area contributed by atoms with Gasteiger partial charge in [0.05, 0.1) is 12.1 Å². The molecule has 2 unspecified atom stereocenters. The summed E-state index contributed by atoms with van der Waals surface area (Å²) in [6.45, 7) is 2.93. The molecule has 4 heteroatoms. The molecule has 2 atom stereocenters. The van der Waals surface area contributed by atoms with Crippen molar-refractivity contribution < 1.29 is 4.74 Å². The standard InChI is InChI=1S/C15H29N3O/c1-6-19-13-11-12(15(13)9-7-8-10-15)16-14(17(2)3)18(4)5/h12-13H,6-11H2,1-5H3. The van der Waals surface area contributed by atoms with Crippen molar-refractivity contribution in [2.24, 2.45) is 10.4 Å². The van der Waals surface area contributed by atoms with Gasteiger partial charge in [0, 0.05) is 40.2 Å². The van der Waals surface area contributed by atoms with Gasteiger partial charge in [-0.3, -0.25) is 0 Å². The van der Waals surface area contributed by atoms with Crippen LogP contribution in [-0.4, -0.2) is 62.7 Å². The van der Waals surface area contributed by atoms with Crippen LogP contribution in [0.1, 0.15) is 39.0 Å². The van der Waals surface area contributed by atoms with Crippen molar-refractivity contribution in [1.82, 2.24) is 9.80 Å². The van der Waals surface area contributed by atoms with Gasteiger partial charge in [0.1, 0.15) is 0 Å². The molecular weight excluding hydrogens is 238 g/mol. The Labute approximate surface area is 117 Å². The van der Waals surface area contributed by atoms with E-state index in [9.17, 15) is 0 Å². The summed E-state index contributed by atoms with van der Waals surface area (Å²) in [7, 11) is 8.27. The number of hydrogen-bond donors (Lipinski definition) is 0. The Balaban J connectivity index is 2.15. The molecule has 0 aliphatic heterocycles. The molecule has 0 amide bonds. The monoisotopic (exact) mass is 267 g/mol. The topological polar surface area (TPSA) is 28.1 Å². The van der Waals surface area contributed by atoms with Crippen LogP contribution in [0.15, 0.2) is 4.99 Å². The molecule has 0 radical (unpaired) electrons. The zero-order chi connectivity index (χ0) is 14.0. The highest BCUT2D eigenvalue weighted by Gasteiger charge is 2.57. The lowest BCUT2D eigenvalue weighted by Crippen LogP contribution is -2.57. The van der Waals surface area contributed by atoms with E-state index in [4.69, 9.17) is 9.73 Å². The van der Waals surface area contributed by atoms with Crippen molar-refractivity contribution in [2.45, 2.75) is 51.2 Å². The van der Waals surface area contributed by atoms with Gasteiger partial charge in [-0.25, -0.2) is 4.99 Å². The quantitative estimate of drug-likeness (QED) is 0.580. The molecule has 0 heterocycles. The first kappa shape index (κ1) is 14.6. The maximum absolute atomic E-state index is 5.95. The number of ether oxygens (including phenoxy) is 1. The molecule has 2 aliphatic carbocycles. The Kier molecular flexibility index (Phi) is 4.39. The van der Waals surface area contributed by atoms with Gasteiger partial charge in [0.15, 0.2) is 5.96 Å². The molecule has 1 spiro atoms. The van der Waals surface area contributed by atoms with E-state index in [2.05, 4.69) is 44.9 Å². The predicted molar refractivity (Wildman–Crippen MR) is 79.5 cm³/mol. The largest absolute Gasteiger partial charge is 0.378 e. The maximum atomic E-state index is 5.95. The van der Waals surface area contributed by atoms with Crippen molar-refractivity contribution in [3.63, 3.8) is 0 Å². The second-order valence-electron chi connectivity index (χ2n) is 6.35. The van der Waals surface area contributed by atoms with E-state index in [1.165, 1.54) is 25.7 Å². The molecule has 0 N–H and O–H groups in total. The highest BCUT2D eigenvalue weighted by molar-refractivity contribution is 5.79. The van der Waals surface area contributed by atoms with Crippen molar-refractivity contribution in [1.29, 1.82) is 0 Å². The number of guanidine groups is 1. The molecule has 19 heavy (non-hydrogen) atoms. The Hall–Kier alpha value is -0.770. The summed E-state index contributed by atoms with van der Waals surface area (Å²) in [6.07, 6.45) is 6.81. The first-order valence-corrected chi connectivity index (χ1v) is 7.55. The zero-order valence-corrected chi connectivity index (χ0v) is 13.1. The third-order valence-electron chi connectivity index (χ3n) is 4.72. The molecule has 0 bridgehead atoms. The minimum Gasteiger partial charge on any atom is -0.378 e. The molecule has 2 rings (SSSR count). The van der Waals surface area contributed by atoms with Gasteiger partial charge in [-0.15, -0.1) is 0 Å². The van der Waals surface area contributed by atoms with Crippen molar-refractivity contribution >= 4 is 5.96 Å². The molecular formula is C15H29N3O. The minimum absolute atomic E-state index is 0.341. The van der Waals surface area contributed by atoms with E-state index in [-0.39, 0.29) is 0 Å². The summed E-state index contributed by atoms with van der Waals surface area (Å²) in [5.41, 5.74) is 0.341. The van der Waals surface area contributed by atoms with Crippen LogP contribution in [0.4, 0.5) is 0 Å². The maximum Gasteiger partial charge on any atom is 0.195 e. The number of nitrogens with zero attached hydrogens (tertiary/aromatic N) is 3. The first-order valence-electron chi connectivity index (χ1n) is 7.55. The van der Waals surface area contributed by atoms with Gasteiger partial charge >= 0.3 is 0 Å². The summed E-state index contributed by atoms with van der Waals surface area (Å²) in [4.78, 5) is 9.25. The van der Waals surface area contributed by atoms with E-state index < -0.39 is 0 Å². The SMILES string of the molecule is CCOC1CC(N=C(N(C)C)N(C)C)C12CCCC2. The van der Waals surface area contributed by atoms with Crippen LogP contribution in [0.25, 0.3) is 0 Å². The second-order valence-corrected chi connectivity index (χ2v) is 6.35. The summed E-state index contributed by atoms with van der Waals surface area (Å²) >= 11 is 0. The molecule has 0 aromatic carbocycles. The molecule has 0 saturated heterocycles. The van der Waals surface area contributed by atoms with Crippen molar-refractivity contribution in [3.05, 3.63) is 0 Å². The third kappa shape index (κ3) is 2.60. The van der Waals surface area contributed by atoms with Crippen LogP contribution >= 0.6 is 0 Å². The smallest absolute Gasteiger partial charge is 0.195 e. The summed E-state index contributed by atoms with van der Waals surface area (Å²) in [6, 6.07) is 0.450. The molecule has 0 aromatic heterocycles. The fraction of sp³-hybridized carbons (Fsp3) is 0.933. The molecule has 2 fully saturated rings. The van der Waals surface area contributed by atoms with Gasteiger partial charge in [-0.05, 0) is 26.2 Å². The molecule has 0 aromatic rings. The highest BCUT2D eigenvalue weighted by Crippen LogP contribution is 2.56. The Morgan fingerprint density at radius 1 is 1.16 bits per heavy atom. The fourth-order valence-electron chi connectivity index (χ4n) is 3.80. The molecule has 4 nitrogen and oxygen atoms in total. The lowest BCUT2D eigenvalue weighted by molar-refractivity contribution is -0.119. The van der Waals surface area contributed by atoms with Gasteiger partial charge in [0.2, 0.25) is 0 Å². The highest BCUT2D eigenvalue weighted by atomic mass is 16.5. The average Bonchev–Trinajstić information content (AvgIpc) is 2.83. The zero-order valence-electron chi connectivity index (χ0n) is 13.1. The Morgan fingerprint density at radius 3 is 2.21 bits per heavy atom. The van der Waals surface area contributed by atoms with E-state index in [1.54, 1.807) is 0 Å². The summed E-state index contributed by atoms with van der Waals surface area (Å²) in [5.74, 6) is 1.08. The van der Waals surface area contributed by atoms with Crippen LogP contribution in [0.3, 0.4) is 0 Å². The lowest BCUT2D eigenvalue weighted by atomic mass is 9.61. The van der Waals surface area contributed by atoms with Gasteiger partial charge in [-0.2, -0.15) is 0 Å². The van der Waals surface area contributed by atoms with Crippen LogP contribution in [0.2, 0.25) is 0 Å². The van der Waals surface area contributed by atoms with Crippen LogP contribution < -0.4 is 0 Å². The van der Waals surface area contributed by atoms with Gasteiger partial charge in [-0.1, -0.05) is 12.8 Å². The molecule has 110 valence electrons.